The van der Waals surface area contributed by atoms with Crippen molar-refractivity contribution in [3.05, 3.63) is 53.8 Å². The topological polar surface area (TPSA) is 76.2 Å². The summed E-state index contributed by atoms with van der Waals surface area (Å²) in [7, 11) is -3.93. The van der Waals surface area contributed by atoms with Crippen LogP contribution in [0.4, 0.5) is 4.39 Å². The maximum Gasteiger partial charge on any atom is 0.254 e. The maximum absolute atomic E-state index is 13.9. The van der Waals surface area contributed by atoms with E-state index in [1.165, 1.54) is 22.5 Å². The standard InChI is InChI=1S/C19H19FN2O5S/c20-15-3-1-2-4-18(15)28(24,25)22-9-7-21(8-10-22)19(23)14-5-6-16-17(13-14)27-12-11-26-16/h1-6,13H,7-12H2. The van der Waals surface area contributed by atoms with Crippen molar-refractivity contribution in [1.29, 1.82) is 0 Å². The molecule has 0 aromatic heterocycles. The smallest absolute Gasteiger partial charge is 0.254 e. The number of benzene rings is 2. The highest BCUT2D eigenvalue weighted by molar-refractivity contribution is 7.89. The predicted molar refractivity (Wildman–Crippen MR) is 98.5 cm³/mol. The Morgan fingerprint density at radius 1 is 0.929 bits per heavy atom. The fourth-order valence-electron chi connectivity index (χ4n) is 3.28. The molecule has 1 amide bonds. The molecule has 0 bridgehead atoms. The Balaban J connectivity index is 1.45. The summed E-state index contributed by atoms with van der Waals surface area (Å²) in [6.45, 7) is 1.55. The van der Waals surface area contributed by atoms with Gasteiger partial charge in [0.2, 0.25) is 10.0 Å². The summed E-state index contributed by atoms with van der Waals surface area (Å²) < 4.78 is 51.4. The third-order valence-electron chi connectivity index (χ3n) is 4.77. The molecule has 148 valence electrons. The molecule has 2 aliphatic rings. The number of sulfonamides is 1. The van der Waals surface area contributed by atoms with Gasteiger partial charge in [0, 0.05) is 31.7 Å². The van der Waals surface area contributed by atoms with Crippen molar-refractivity contribution in [1.82, 2.24) is 9.21 Å². The number of halogens is 1. The molecule has 0 saturated carbocycles. The molecule has 0 atom stereocenters. The molecule has 7 nitrogen and oxygen atoms in total. The van der Waals surface area contributed by atoms with Gasteiger partial charge in [-0.25, -0.2) is 12.8 Å². The third kappa shape index (κ3) is 3.43. The van der Waals surface area contributed by atoms with Crippen LogP contribution in [0.5, 0.6) is 11.5 Å². The number of rotatable bonds is 3. The van der Waals surface area contributed by atoms with Gasteiger partial charge in [-0.2, -0.15) is 4.31 Å². The van der Waals surface area contributed by atoms with Gasteiger partial charge in [-0.1, -0.05) is 12.1 Å². The van der Waals surface area contributed by atoms with Crippen LogP contribution in [0.15, 0.2) is 47.4 Å². The summed E-state index contributed by atoms with van der Waals surface area (Å²) >= 11 is 0. The number of amides is 1. The minimum absolute atomic E-state index is 0.104. The van der Waals surface area contributed by atoms with E-state index in [0.717, 1.165) is 6.07 Å². The van der Waals surface area contributed by atoms with Crippen molar-refractivity contribution in [2.45, 2.75) is 4.90 Å². The zero-order chi connectivity index (χ0) is 19.7. The number of fused-ring (bicyclic) bond motifs is 1. The number of ether oxygens (including phenoxy) is 2. The van der Waals surface area contributed by atoms with Gasteiger partial charge in [0.15, 0.2) is 11.5 Å². The molecule has 2 heterocycles. The Morgan fingerprint density at radius 3 is 2.32 bits per heavy atom. The zero-order valence-electron chi connectivity index (χ0n) is 15.0. The van der Waals surface area contributed by atoms with E-state index >= 15 is 0 Å². The Kier molecular flexibility index (Phi) is 4.94. The summed E-state index contributed by atoms with van der Waals surface area (Å²) in [4.78, 5) is 14.0. The highest BCUT2D eigenvalue weighted by atomic mass is 32.2. The Labute approximate surface area is 162 Å². The lowest BCUT2D eigenvalue weighted by Crippen LogP contribution is -2.50. The maximum atomic E-state index is 13.9. The van der Waals surface area contributed by atoms with Crippen molar-refractivity contribution in [2.24, 2.45) is 0 Å². The molecule has 2 aliphatic heterocycles. The van der Waals surface area contributed by atoms with Gasteiger partial charge in [0.1, 0.15) is 23.9 Å². The summed E-state index contributed by atoms with van der Waals surface area (Å²) in [5.41, 5.74) is 0.453. The molecule has 2 aromatic carbocycles. The minimum Gasteiger partial charge on any atom is -0.486 e. The molecule has 4 rings (SSSR count). The van der Waals surface area contributed by atoms with Crippen LogP contribution in [0.25, 0.3) is 0 Å². The van der Waals surface area contributed by atoms with Crippen LogP contribution in [0.2, 0.25) is 0 Å². The lowest BCUT2D eigenvalue weighted by Gasteiger charge is -2.34. The van der Waals surface area contributed by atoms with E-state index in [-0.39, 0.29) is 37.0 Å². The monoisotopic (exact) mass is 406 g/mol. The van der Waals surface area contributed by atoms with Crippen LogP contribution in [0.3, 0.4) is 0 Å². The fourth-order valence-corrected chi connectivity index (χ4v) is 4.77. The van der Waals surface area contributed by atoms with Crippen molar-refractivity contribution in [3.8, 4) is 11.5 Å². The first-order chi connectivity index (χ1) is 13.5. The first kappa shape index (κ1) is 18.7. The Hall–Kier alpha value is -2.65. The van der Waals surface area contributed by atoms with Crippen molar-refractivity contribution in [2.75, 3.05) is 39.4 Å². The summed E-state index contributed by atoms with van der Waals surface area (Å²) in [6.07, 6.45) is 0. The molecule has 0 radical (unpaired) electrons. The predicted octanol–water partition coefficient (Wildman–Crippen LogP) is 1.74. The highest BCUT2D eigenvalue weighted by Crippen LogP contribution is 2.31. The van der Waals surface area contributed by atoms with E-state index in [0.29, 0.717) is 30.3 Å². The van der Waals surface area contributed by atoms with Crippen LogP contribution in [0, 0.1) is 5.82 Å². The molecule has 9 heteroatoms. The first-order valence-electron chi connectivity index (χ1n) is 8.90. The number of carbonyl (C=O) groups is 1. The quantitative estimate of drug-likeness (QED) is 0.776. The number of piperazine rings is 1. The van der Waals surface area contributed by atoms with Crippen molar-refractivity contribution >= 4 is 15.9 Å². The second-order valence-corrected chi connectivity index (χ2v) is 8.39. The fraction of sp³-hybridized carbons (Fsp3) is 0.316. The van der Waals surface area contributed by atoms with E-state index in [1.54, 1.807) is 23.1 Å². The van der Waals surface area contributed by atoms with Gasteiger partial charge < -0.3 is 14.4 Å². The van der Waals surface area contributed by atoms with E-state index in [4.69, 9.17) is 9.47 Å². The minimum atomic E-state index is -3.93. The van der Waals surface area contributed by atoms with Crippen molar-refractivity contribution in [3.63, 3.8) is 0 Å². The average molecular weight is 406 g/mol. The lowest BCUT2D eigenvalue weighted by atomic mass is 10.1. The second kappa shape index (κ2) is 7.40. The molecule has 28 heavy (non-hydrogen) atoms. The molecule has 1 fully saturated rings. The van der Waals surface area contributed by atoms with Gasteiger partial charge in [-0.05, 0) is 30.3 Å². The molecule has 0 unspecified atom stereocenters. The number of nitrogens with zero attached hydrogens (tertiary/aromatic N) is 2. The molecular formula is C19H19FN2O5S. The zero-order valence-corrected chi connectivity index (χ0v) is 15.8. The molecule has 0 aliphatic carbocycles. The SMILES string of the molecule is O=C(c1ccc2c(c1)OCCO2)N1CCN(S(=O)(=O)c2ccccc2F)CC1. The van der Waals surface area contributed by atoms with Crippen LogP contribution >= 0.6 is 0 Å². The first-order valence-corrected chi connectivity index (χ1v) is 10.3. The summed E-state index contributed by atoms with van der Waals surface area (Å²) in [6, 6.07) is 10.3. The van der Waals surface area contributed by atoms with E-state index in [9.17, 15) is 17.6 Å². The van der Waals surface area contributed by atoms with Crippen LogP contribution in [-0.4, -0.2) is 62.9 Å². The van der Waals surface area contributed by atoms with Gasteiger partial charge in [-0.3, -0.25) is 4.79 Å². The van der Waals surface area contributed by atoms with Gasteiger partial charge in [0.25, 0.3) is 5.91 Å². The number of hydrogen-bond donors (Lipinski definition) is 0. The Bertz CT molecular complexity index is 1000. The van der Waals surface area contributed by atoms with Crippen LogP contribution < -0.4 is 9.47 Å². The molecular weight excluding hydrogens is 387 g/mol. The average Bonchev–Trinajstić information content (AvgIpc) is 2.73. The van der Waals surface area contributed by atoms with E-state index in [2.05, 4.69) is 0 Å². The number of carbonyl (C=O) groups excluding carboxylic acids is 1. The van der Waals surface area contributed by atoms with Gasteiger partial charge >= 0.3 is 0 Å². The van der Waals surface area contributed by atoms with Gasteiger partial charge in [-0.15, -0.1) is 0 Å². The van der Waals surface area contributed by atoms with E-state index in [1.807, 2.05) is 0 Å². The molecule has 0 spiro atoms. The van der Waals surface area contributed by atoms with Crippen LogP contribution in [-0.2, 0) is 10.0 Å². The molecule has 0 N–H and O–H groups in total. The normalized spacial score (nSPS) is 17.4. The molecule has 1 saturated heterocycles. The van der Waals surface area contributed by atoms with E-state index < -0.39 is 15.8 Å². The molecule has 2 aromatic rings. The Morgan fingerprint density at radius 2 is 1.61 bits per heavy atom. The van der Waals surface area contributed by atoms with Crippen molar-refractivity contribution < 1.29 is 27.1 Å². The number of hydrogen-bond acceptors (Lipinski definition) is 5. The summed E-state index contributed by atoms with van der Waals surface area (Å²) in [5.74, 6) is 0.138. The third-order valence-corrected chi connectivity index (χ3v) is 6.70. The summed E-state index contributed by atoms with van der Waals surface area (Å²) in [5, 5.41) is 0. The van der Waals surface area contributed by atoms with Gasteiger partial charge in [0.05, 0.1) is 0 Å². The van der Waals surface area contributed by atoms with Crippen LogP contribution in [0.1, 0.15) is 10.4 Å². The second-order valence-electron chi connectivity index (χ2n) is 6.49. The largest absolute Gasteiger partial charge is 0.486 e. The lowest BCUT2D eigenvalue weighted by molar-refractivity contribution is 0.0696. The highest BCUT2D eigenvalue weighted by Gasteiger charge is 2.32.